The summed E-state index contributed by atoms with van der Waals surface area (Å²) in [5, 5.41) is 16.3. The van der Waals surface area contributed by atoms with E-state index in [1.54, 1.807) is 34.5 Å². The minimum Gasteiger partial charge on any atom is -0.497 e. The number of hydrogen-bond donors (Lipinski definition) is 1. The molecule has 0 spiro atoms. The molecule has 1 saturated heterocycles. The zero-order chi connectivity index (χ0) is 25.6. The molecule has 1 atom stereocenters. The van der Waals surface area contributed by atoms with E-state index in [9.17, 15) is 23.1 Å². The van der Waals surface area contributed by atoms with E-state index >= 15 is 0 Å². The second-order valence-corrected chi connectivity index (χ2v) is 9.33. The van der Waals surface area contributed by atoms with Crippen molar-refractivity contribution in [3.05, 3.63) is 63.8 Å². The normalized spacial score (nSPS) is 16.1. The van der Waals surface area contributed by atoms with Gasteiger partial charge in [0.25, 0.3) is 5.56 Å². The summed E-state index contributed by atoms with van der Waals surface area (Å²) < 4.78 is 54.3. The Morgan fingerprint density at radius 3 is 2.42 bits per heavy atom. The largest absolute Gasteiger partial charge is 0.497 e. The monoisotopic (exact) mass is 517 g/mol. The highest BCUT2D eigenvalue weighted by molar-refractivity contribution is 7.17. The van der Waals surface area contributed by atoms with Crippen LogP contribution in [0.1, 0.15) is 12.0 Å². The van der Waals surface area contributed by atoms with Crippen LogP contribution in [-0.2, 0) is 6.18 Å². The smallest absolute Gasteiger partial charge is 0.418 e. The van der Waals surface area contributed by atoms with Gasteiger partial charge in [0.05, 0.1) is 41.7 Å². The average Bonchev–Trinajstić information content (AvgIpc) is 3.53. The predicted molar refractivity (Wildman–Crippen MR) is 132 cm³/mol. The molecule has 1 aliphatic heterocycles. The molecule has 0 amide bonds. The minimum atomic E-state index is -4.72. The summed E-state index contributed by atoms with van der Waals surface area (Å²) in [5.74, 6) is 0.943. The summed E-state index contributed by atoms with van der Waals surface area (Å²) in [4.78, 5) is 15.2. The third-order valence-corrected chi connectivity index (χ3v) is 7.09. The topological polar surface area (TPSA) is 76.8 Å². The molecule has 4 aromatic rings. The number of aliphatic hydroxyl groups is 1. The molecule has 1 aliphatic rings. The summed E-state index contributed by atoms with van der Waals surface area (Å²) in [6.07, 6.45) is -4.77. The molecule has 5 rings (SSSR count). The summed E-state index contributed by atoms with van der Waals surface area (Å²) in [6.45, 7) is 0.790. The fourth-order valence-corrected chi connectivity index (χ4v) is 5.26. The lowest BCUT2D eigenvalue weighted by molar-refractivity contribution is -0.137. The molecule has 0 unspecified atom stereocenters. The molecule has 0 aliphatic carbocycles. The van der Waals surface area contributed by atoms with Gasteiger partial charge in [-0.25, -0.2) is 0 Å². The minimum absolute atomic E-state index is 0.252. The fourth-order valence-electron chi connectivity index (χ4n) is 4.37. The number of fused-ring (bicyclic) bond motifs is 1. The van der Waals surface area contributed by atoms with Gasteiger partial charge in [-0.3, -0.25) is 4.79 Å². The van der Waals surface area contributed by atoms with Gasteiger partial charge < -0.3 is 19.5 Å². The lowest BCUT2D eigenvalue weighted by Crippen LogP contribution is -2.26. The standard InChI is InChI=1S/C25H22F3N3O4S/c1-34-17-9-14(10-18(12-17)35-2)22-23-19(6-8-36-23)24(33)31(29-22)21-11-15(30-7-5-16(32)13-30)3-4-20(21)25(26,27)28/h3-4,6,8-12,16,32H,5,7,13H2,1-2H3/t16-/m0/s1. The number of nitrogens with zero attached hydrogens (tertiary/aromatic N) is 3. The van der Waals surface area contributed by atoms with Crippen LogP contribution >= 0.6 is 11.3 Å². The Hall–Kier alpha value is -3.57. The number of alkyl halides is 3. The number of thiophene rings is 1. The van der Waals surface area contributed by atoms with Crippen molar-refractivity contribution < 1.29 is 27.8 Å². The Labute approximate surface area is 207 Å². The van der Waals surface area contributed by atoms with E-state index in [-0.39, 0.29) is 11.1 Å². The summed E-state index contributed by atoms with van der Waals surface area (Å²) in [6, 6.07) is 10.2. The van der Waals surface area contributed by atoms with Crippen LogP contribution in [0.15, 0.2) is 52.6 Å². The maximum atomic E-state index is 14.1. The van der Waals surface area contributed by atoms with Gasteiger partial charge in [0, 0.05) is 30.4 Å². The second-order valence-electron chi connectivity index (χ2n) is 8.42. The van der Waals surface area contributed by atoms with Gasteiger partial charge >= 0.3 is 6.18 Å². The molecule has 0 saturated carbocycles. The molecule has 1 N–H and O–H groups in total. The Bertz CT molecular complexity index is 1480. The van der Waals surface area contributed by atoms with Crippen LogP contribution in [0, 0.1) is 0 Å². The van der Waals surface area contributed by atoms with E-state index in [0.717, 1.165) is 10.7 Å². The molecule has 2 aromatic heterocycles. The van der Waals surface area contributed by atoms with Crippen LogP contribution in [0.5, 0.6) is 11.5 Å². The summed E-state index contributed by atoms with van der Waals surface area (Å²) in [7, 11) is 2.98. The SMILES string of the molecule is COc1cc(OC)cc(-c2nn(-c3cc(N4CC[C@H](O)C4)ccc3C(F)(F)F)c(=O)c3ccsc23)c1. The number of ether oxygens (including phenoxy) is 2. The van der Waals surface area contributed by atoms with E-state index in [1.165, 1.54) is 37.7 Å². The average molecular weight is 518 g/mol. The van der Waals surface area contributed by atoms with Gasteiger partial charge in [-0.2, -0.15) is 23.0 Å². The van der Waals surface area contributed by atoms with Crippen molar-refractivity contribution in [1.82, 2.24) is 9.78 Å². The van der Waals surface area contributed by atoms with Crippen molar-refractivity contribution >= 4 is 27.1 Å². The van der Waals surface area contributed by atoms with Crippen molar-refractivity contribution in [3.8, 4) is 28.4 Å². The highest BCUT2D eigenvalue weighted by atomic mass is 32.1. The second kappa shape index (κ2) is 9.14. The van der Waals surface area contributed by atoms with Gasteiger partial charge in [0.15, 0.2) is 0 Å². The van der Waals surface area contributed by atoms with Crippen LogP contribution in [-0.4, -0.2) is 48.3 Å². The number of hydrogen-bond acceptors (Lipinski definition) is 7. The number of β-amino-alcohol motifs (C(OH)–C–C–N with tert-alkyl or cyclic N) is 1. The van der Waals surface area contributed by atoms with E-state index in [4.69, 9.17) is 9.47 Å². The van der Waals surface area contributed by atoms with E-state index in [0.29, 0.717) is 52.7 Å². The van der Waals surface area contributed by atoms with Crippen molar-refractivity contribution in [1.29, 1.82) is 0 Å². The van der Waals surface area contributed by atoms with Crippen molar-refractivity contribution in [2.75, 3.05) is 32.2 Å². The van der Waals surface area contributed by atoms with Gasteiger partial charge in [-0.05, 0) is 48.2 Å². The van der Waals surface area contributed by atoms with Crippen molar-refractivity contribution in [2.24, 2.45) is 0 Å². The van der Waals surface area contributed by atoms with Gasteiger partial charge in [0.1, 0.15) is 17.2 Å². The van der Waals surface area contributed by atoms with E-state index in [1.807, 2.05) is 0 Å². The molecular formula is C25H22F3N3O4S. The Morgan fingerprint density at radius 1 is 1.08 bits per heavy atom. The molecule has 11 heteroatoms. The number of rotatable bonds is 5. The molecular weight excluding hydrogens is 495 g/mol. The van der Waals surface area contributed by atoms with Gasteiger partial charge in [-0.1, -0.05) is 0 Å². The molecule has 188 valence electrons. The summed E-state index contributed by atoms with van der Waals surface area (Å²) in [5.41, 5.74) is -0.695. The first-order chi connectivity index (χ1) is 17.2. The third kappa shape index (κ3) is 4.28. The molecule has 7 nitrogen and oxygen atoms in total. The van der Waals surface area contributed by atoms with Crippen molar-refractivity contribution in [2.45, 2.75) is 18.7 Å². The number of aliphatic hydroxyl groups excluding tert-OH is 1. The van der Waals surface area contributed by atoms with Crippen LogP contribution in [0.4, 0.5) is 18.9 Å². The Kier molecular flexibility index (Phi) is 6.13. The number of benzene rings is 2. The third-order valence-electron chi connectivity index (χ3n) is 6.17. The maximum Gasteiger partial charge on any atom is 0.418 e. The quantitative estimate of drug-likeness (QED) is 0.413. The molecule has 36 heavy (non-hydrogen) atoms. The fraction of sp³-hybridized carbons (Fsp3) is 0.280. The van der Waals surface area contributed by atoms with Crippen LogP contribution in [0.3, 0.4) is 0 Å². The molecule has 3 heterocycles. The zero-order valence-corrected chi connectivity index (χ0v) is 20.2. The lowest BCUT2D eigenvalue weighted by atomic mass is 10.1. The molecule has 2 aromatic carbocycles. The zero-order valence-electron chi connectivity index (χ0n) is 19.4. The van der Waals surface area contributed by atoms with E-state index < -0.39 is 23.4 Å². The first kappa shape index (κ1) is 24.1. The highest BCUT2D eigenvalue weighted by Crippen LogP contribution is 2.38. The van der Waals surface area contributed by atoms with E-state index in [2.05, 4.69) is 5.10 Å². The van der Waals surface area contributed by atoms with Gasteiger partial charge in [-0.15, -0.1) is 11.3 Å². The van der Waals surface area contributed by atoms with Crippen LogP contribution in [0.2, 0.25) is 0 Å². The van der Waals surface area contributed by atoms with Crippen LogP contribution in [0.25, 0.3) is 27.0 Å². The van der Waals surface area contributed by atoms with Gasteiger partial charge in [0.2, 0.25) is 0 Å². The molecule has 0 bridgehead atoms. The molecule has 1 fully saturated rings. The Morgan fingerprint density at radius 2 is 1.81 bits per heavy atom. The highest BCUT2D eigenvalue weighted by Gasteiger charge is 2.36. The first-order valence-electron chi connectivity index (χ1n) is 11.1. The molecule has 0 radical (unpaired) electrons. The summed E-state index contributed by atoms with van der Waals surface area (Å²) >= 11 is 1.27. The Balaban J connectivity index is 1.78. The lowest BCUT2D eigenvalue weighted by Gasteiger charge is -2.21. The number of anilines is 1. The predicted octanol–water partition coefficient (Wildman–Crippen LogP) is 4.72. The number of methoxy groups -OCH3 is 2. The maximum absolute atomic E-state index is 14.1. The van der Waals surface area contributed by atoms with Crippen LogP contribution < -0.4 is 19.9 Å². The number of aromatic nitrogens is 2. The first-order valence-corrected chi connectivity index (χ1v) is 12.0. The number of halogens is 3. The van der Waals surface area contributed by atoms with Crippen molar-refractivity contribution in [3.63, 3.8) is 0 Å².